The van der Waals surface area contributed by atoms with Crippen LogP contribution in [0.3, 0.4) is 0 Å². The van der Waals surface area contributed by atoms with Gasteiger partial charge >= 0.3 is 0 Å². The number of piperidine rings is 1. The molecule has 2 atom stereocenters. The standard InChI is InChI=1S/C16H20BrN3/c1-11-8-13(17)6-7-15(11)20-10-18-9-16(20)14-5-3-4-12(2)19-14/h6-10,12,14,19H,3-5H2,1-2H3. The second-order valence-corrected chi connectivity index (χ2v) is 6.59. The lowest BCUT2D eigenvalue weighted by Crippen LogP contribution is -2.35. The summed E-state index contributed by atoms with van der Waals surface area (Å²) in [5.74, 6) is 0. The molecule has 2 aromatic rings. The zero-order valence-electron chi connectivity index (χ0n) is 11.9. The number of nitrogens with zero attached hydrogens (tertiary/aromatic N) is 2. The Balaban J connectivity index is 1.97. The van der Waals surface area contributed by atoms with Crippen molar-refractivity contribution >= 4 is 15.9 Å². The minimum absolute atomic E-state index is 0.407. The van der Waals surface area contributed by atoms with Crippen LogP contribution in [0.1, 0.15) is 43.5 Å². The minimum atomic E-state index is 0.407. The van der Waals surface area contributed by atoms with Gasteiger partial charge in [0.05, 0.1) is 18.2 Å². The lowest BCUT2D eigenvalue weighted by Gasteiger charge is -2.29. The number of imidazole rings is 1. The Morgan fingerprint density at radius 2 is 2.20 bits per heavy atom. The van der Waals surface area contributed by atoms with Gasteiger partial charge in [0, 0.05) is 22.2 Å². The molecule has 1 aliphatic rings. The molecule has 0 radical (unpaired) electrons. The first-order chi connectivity index (χ1) is 9.65. The van der Waals surface area contributed by atoms with Crippen molar-refractivity contribution in [1.29, 1.82) is 0 Å². The number of hydrogen-bond donors (Lipinski definition) is 1. The summed E-state index contributed by atoms with van der Waals surface area (Å²) in [4.78, 5) is 4.37. The maximum atomic E-state index is 4.37. The third-order valence-corrected chi connectivity index (χ3v) is 4.55. The van der Waals surface area contributed by atoms with Crippen molar-refractivity contribution in [2.45, 2.75) is 45.2 Å². The molecule has 0 aliphatic carbocycles. The maximum absolute atomic E-state index is 4.37. The largest absolute Gasteiger partial charge is 0.306 e. The van der Waals surface area contributed by atoms with Crippen LogP contribution in [0.2, 0.25) is 0 Å². The fourth-order valence-electron chi connectivity index (χ4n) is 3.03. The smallest absolute Gasteiger partial charge is 0.0994 e. The highest BCUT2D eigenvalue weighted by molar-refractivity contribution is 9.10. The summed E-state index contributed by atoms with van der Waals surface area (Å²) in [5, 5.41) is 3.69. The second-order valence-electron chi connectivity index (χ2n) is 5.67. The quantitative estimate of drug-likeness (QED) is 0.894. The second kappa shape index (κ2) is 5.70. The molecule has 1 aromatic heterocycles. The Labute approximate surface area is 128 Å². The van der Waals surface area contributed by atoms with Gasteiger partial charge in [-0.05, 0) is 56.9 Å². The van der Waals surface area contributed by atoms with E-state index < -0.39 is 0 Å². The van der Waals surface area contributed by atoms with Gasteiger partial charge < -0.3 is 9.88 Å². The molecule has 1 aromatic carbocycles. The molecule has 106 valence electrons. The molecule has 1 saturated heterocycles. The van der Waals surface area contributed by atoms with Gasteiger partial charge in [-0.3, -0.25) is 0 Å². The Hall–Kier alpha value is -1.13. The van der Waals surface area contributed by atoms with Gasteiger partial charge in [0.2, 0.25) is 0 Å². The van der Waals surface area contributed by atoms with Gasteiger partial charge in [0.25, 0.3) is 0 Å². The molecule has 0 saturated carbocycles. The Morgan fingerprint density at radius 3 is 2.95 bits per heavy atom. The van der Waals surface area contributed by atoms with E-state index in [1.54, 1.807) is 0 Å². The number of rotatable bonds is 2. The van der Waals surface area contributed by atoms with Gasteiger partial charge in [0.1, 0.15) is 0 Å². The molecule has 2 heterocycles. The van der Waals surface area contributed by atoms with Crippen molar-refractivity contribution in [2.24, 2.45) is 0 Å². The summed E-state index contributed by atoms with van der Waals surface area (Å²) in [5.41, 5.74) is 3.73. The summed E-state index contributed by atoms with van der Waals surface area (Å²) in [6.45, 7) is 4.40. The van der Waals surface area contributed by atoms with Crippen LogP contribution >= 0.6 is 15.9 Å². The van der Waals surface area contributed by atoms with Crippen LogP contribution in [0, 0.1) is 6.92 Å². The van der Waals surface area contributed by atoms with Crippen molar-refractivity contribution in [3.05, 3.63) is 46.5 Å². The molecule has 3 rings (SSSR count). The van der Waals surface area contributed by atoms with Crippen molar-refractivity contribution < 1.29 is 0 Å². The molecule has 1 aliphatic heterocycles. The van der Waals surface area contributed by atoms with Crippen molar-refractivity contribution in [1.82, 2.24) is 14.9 Å². The average Bonchev–Trinajstić information content (AvgIpc) is 2.87. The van der Waals surface area contributed by atoms with Crippen LogP contribution in [0.25, 0.3) is 5.69 Å². The Bertz CT molecular complexity index is 606. The predicted molar refractivity (Wildman–Crippen MR) is 85.2 cm³/mol. The van der Waals surface area contributed by atoms with Crippen LogP contribution in [0.5, 0.6) is 0 Å². The number of aromatic nitrogens is 2. The number of halogens is 1. The molecule has 20 heavy (non-hydrogen) atoms. The first-order valence-electron chi connectivity index (χ1n) is 7.20. The first kappa shape index (κ1) is 13.8. The van der Waals surface area contributed by atoms with E-state index in [2.05, 4.69) is 62.8 Å². The lowest BCUT2D eigenvalue weighted by atomic mass is 9.97. The molecule has 1 N–H and O–H groups in total. The molecule has 1 fully saturated rings. The zero-order chi connectivity index (χ0) is 14.1. The average molecular weight is 334 g/mol. The molecule has 0 spiro atoms. The SMILES string of the molecule is Cc1cc(Br)ccc1-n1cncc1C1CCCC(C)N1. The number of aryl methyl sites for hydroxylation is 1. The summed E-state index contributed by atoms with van der Waals surface area (Å²) in [6.07, 6.45) is 7.65. The molecule has 4 heteroatoms. The van der Waals surface area contributed by atoms with E-state index in [1.165, 1.54) is 36.2 Å². The lowest BCUT2D eigenvalue weighted by molar-refractivity contribution is 0.334. The number of benzene rings is 1. The van der Waals surface area contributed by atoms with E-state index in [9.17, 15) is 0 Å². The summed E-state index contributed by atoms with van der Waals surface area (Å²) < 4.78 is 3.34. The van der Waals surface area contributed by atoms with Crippen molar-refractivity contribution in [3.8, 4) is 5.69 Å². The van der Waals surface area contributed by atoms with Gasteiger partial charge in [-0.2, -0.15) is 0 Å². The molecule has 2 unspecified atom stereocenters. The van der Waals surface area contributed by atoms with E-state index >= 15 is 0 Å². The highest BCUT2D eigenvalue weighted by atomic mass is 79.9. The Kier molecular flexibility index (Phi) is 3.94. The Morgan fingerprint density at radius 1 is 1.35 bits per heavy atom. The highest BCUT2D eigenvalue weighted by Gasteiger charge is 2.22. The normalized spacial score (nSPS) is 22.9. The fraction of sp³-hybridized carbons (Fsp3) is 0.438. The van der Waals surface area contributed by atoms with Crippen LogP contribution in [-0.2, 0) is 0 Å². The zero-order valence-corrected chi connectivity index (χ0v) is 13.5. The third kappa shape index (κ3) is 2.67. The molecule has 0 amide bonds. The summed E-state index contributed by atoms with van der Waals surface area (Å²) in [6, 6.07) is 7.38. The maximum Gasteiger partial charge on any atom is 0.0994 e. The molecular formula is C16H20BrN3. The van der Waals surface area contributed by atoms with E-state index in [0.717, 1.165) is 4.47 Å². The molecule has 0 bridgehead atoms. The molecular weight excluding hydrogens is 314 g/mol. The monoisotopic (exact) mass is 333 g/mol. The van der Waals surface area contributed by atoms with Crippen LogP contribution in [0.15, 0.2) is 35.2 Å². The minimum Gasteiger partial charge on any atom is -0.306 e. The van der Waals surface area contributed by atoms with Crippen molar-refractivity contribution in [2.75, 3.05) is 0 Å². The number of nitrogens with one attached hydrogen (secondary N) is 1. The summed E-state index contributed by atoms with van der Waals surface area (Å²) >= 11 is 3.53. The van der Waals surface area contributed by atoms with Crippen LogP contribution in [0.4, 0.5) is 0 Å². The fourth-order valence-corrected chi connectivity index (χ4v) is 3.50. The molecule has 3 nitrogen and oxygen atoms in total. The van der Waals surface area contributed by atoms with Crippen LogP contribution < -0.4 is 5.32 Å². The third-order valence-electron chi connectivity index (χ3n) is 4.06. The summed E-state index contributed by atoms with van der Waals surface area (Å²) in [7, 11) is 0. The van der Waals surface area contributed by atoms with Crippen LogP contribution in [-0.4, -0.2) is 15.6 Å². The topological polar surface area (TPSA) is 29.9 Å². The highest BCUT2D eigenvalue weighted by Crippen LogP contribution is 2.28. The van der Waals surface area contributed by atoms with Gasteiger partial charge in [0.15, 0.2) is 0 Å². The van der Waals surface area contributed by atoms with E-state index in [1.807, 2.05) is 12.5 Å². The first-order valence-corrected chi connectivity index (χ1v) is 7.99. The van der Waals surface area contributed by atoms with Gasteiger partial charge in [-0.1, -0.05) is 15.9 Å². The number of hydrogen-bond acceptors (Lipinski definition) is 2. The predicted octanol–water partition coefficient (Wildman–Crippen LogP) is 4.15. The van der Waals surface area contributed by atoms with Gasteiger partial charge in [-0.25, -0.2) is 4.98 Å². The van der Waals surface area contributed by atoms with E-state index in [0.29, 0.717) is 12.1 Å². The van der Waals surface area contributed by atoms with E-state index in [-0.39, 0.29) is 0 Å². The van der Waals surface area contributed by atoms with Gasteiger partial charge in [-0.15, -0.1) is 0 Å². The van der Waals surface area contributed by atoms with Crippen molar-refractivity contribution in [3.63, 3.8) is 0 Å². The van der Waals surface area contributed by atoms with E-state index in [4.69, 9.17) is 0 Å².